The summed E-state index contributed by atoms with van der Waals surface area (Å²) in [6, 6.07) is 36.9. The average molecular weight is 825 g/mol. The van der Waals surface area contributed by atoms with Gasteiger partial charge in [0.05, 0.1) is 0 Å². The molecular formula is C49H42Cl2O2Zr. The van der Waals surface area contributed by atoms with Crippen LogP contribution in [-0.4, -0.2) is 0 Å². The van der Waals surface area contributed by atoms with Crippen molar-refractivity contribution in [3.63, 3.8) is 0 Å². The molecule has 0 aromatic heterocycles. The average Bonchev–Trinajstić information content (AvgIpc) is 3.39. The van der Waals surface area contributed by atoms with Gasteiger partial charge in [0.15, 0.2) is 0 Å². The predicted molar refractivity (Wildman–Crippen MR) is 220 cm³/mol. The molecule has 0 radical (unpaired) electrons. The quantitative estimate of drug-likeness (QED) is 0.193. The van der Waals surface area contributed by atoms with Crippen molar-refractivity contribution < 1.29 is 27.4 Å². The van der Waals surface area contributed by atoms with Gasteiger partial charge in [-0.2, -0.15) is 0 Å². The van der Waals surface area contributed by atoms with E-state index in [9.17, 15) is 0 Å². The number of ether oxygens (including phenoxy) is 2. The molecule has 2 spiro atoms. The normalized spacial score (nSPS) is 26.4. The van der Waals surface area contributed by atoms with Crippen LogP contribution in [0.5, 0.6) is 23.0 Å². The van der Waals surface area contributed by atoms with Gasteiger partial charge >= 0.3 is 321 Å². The first-order valence-electron chi connectivity index (χ1n) is 18.9. The van der Waals surface area contributed by atoms with Gasteiger partial charge in [0.2, 0.25) is 0 Å². The first kappa shape index (κ1) is 35.6. The van der Waals surface area contributed by atoms with E-state index >= 15 is 0 Å². The van der Waals surface area contributed by atoms with Crippen LogP contribution in [0, 0.1) is 0 Å². The second-order valence-electron chi connectivity index (χ2n) is 15.0. The van der Waals surface area contributed by atoms with Gasteiger partial charge < -0.3 is 0 Å². The number of para-hydroxylation sites is 2. The summed E-state index contributed by atoms with van der Waals surface area (Å²) in [6.45, 7) is 4.59. The Hall–Kier alpha value is -4.14. The van der Waals surface area contributed by atoms with Crippen molar-refractivity contribution in [1.29, 1.82) is 0 Å². The third-order valence-electron chi connectivity index (χ3n) is 12.3. The Labute approximate surface area is 330 Å². The Morgan fingerprint density at radius 3 is 1.31 bits per heavy atom. The van der Waals surface area contributed by atoms with Crippen LogP contribution in [0.15, 0.2) is 203 Å². The summed E-state index contributed by atoms with van der Waals surface area (Å²) in [7, 11) is 16.8. The molecule has 54 heavy (non-hydrogen) atoms. The predicted octanol–water partition coefficient (Wildman–Crippen LogP) is 14.9. The molecule has 5 aliphatic rings. The topological polar surface area (TPSA) is 18.5 Å². The van der Waals surface area contributed by atoms with Crippen molar-refractivity contribution in [2.45, 2.75) is 51.2 Å². The Morgan fingerprint density at radius 2 is 0.907 bits per heavy atom. The summed E-state index contributed by atoms with van der Waals surface area (Å²) in [5, 5.41) is 0. The standard InChI is InChI=1S/C49H42O2.2ClH.Zr/c1-34-32-48-44(36-24-28-40(29-25-36)50-38-14-5-3-6-15-38)18-9-11-20-46(48)42(34)22-13-23-43-35(2)33-49-45(19-10-12-21-47(43)49)37-26-30-41(31-27-37)51-39-16-7-4-8-17-39;;;/h3-12,14-21,24-33,44-45H,13,22-23H2,1-2H3;2*1H;/q;;;+2/p-2. The van der Waals surface area contributed by atoms with E-state index in [1.807, 2.05) is 60.7 Å². The zero-order valence-corrected chi connectivity index (χ0v) is 34.5. The maximum absolute atomic E-state index is 8.40. The Balaban J connectivity index is 1.08. The minimum absolute atomic E-state index is 0.0820. The molecule has 0 bridgehead atoms. The second-order valence-corrected chi connectivity index (χ2v) is 29.9. The summed E-state index contributed by atoms with van der Waals surface area (Å²) in [5.41, 5.74) is 10.4. The molecule has 1 heterocycles. The molecule has 4 aliphatic carbocycles. The van der Waals surface area contributed by atoms with Crippen LogP contribution in [0.4, 0.5) is 0 Å². The van der Waals surface area contributed by atoms with Crippen molar-refractivity contribution in [3.8, 4) is 23.0 Å². The van der Waals surface area contributed by atoms with E-state index in [2.05, 4.69) is 123 Å². The van der Waals surface area contributed by atoms with Gasteiger partial charge in [-0.25, -0.2) is 0 Å². The number of hydrogen-bond acceptors (Lipinski definition) is 2. The number of halogens is 2. The molecule has 0 N–H and O–H groups in total. The van der Waals surface area contributed by atoms with Crippen LogP contribution in [0.3, 0.4) is 0 Å². The van der Waals surface area contributed by atoms with E-state index in [1.54, 1.807) is 0 Å². The van der Waals surface area contributed by atoms with Crippen LogP contribution in [0.1, 0.15) is 56.1 Å². The molecule has 1 fully saturated rings. The van der Waals surface area contributed by atoms with Gasteiger partial charge in [-0.05, 0) is 0 Å². The van der Waals surface area contributed by atoms with E-state index in [1.165, 1.54) is 44.6 Å². The number of hydrogen-bond donors (Lipinski definition) is 0. The van der Waals surface area contributed by atoms with Gasteiger partial charge in [0.1, 0.15) is 0 Å². The Bertz CT molecular complexity index is 2180. The molecular weight excluding hydrogens is 783 g/mol. The van der Waals surface area contributed by atoms with E-state index in [0.29, 0.717) is 0 Å². The zero-order valence-electron chi connectivity index (χ0n) is 30.5. The van der Waals surface area contributed by atoms with Gasteiger partial charge in [0, 0.05) is 0 Å². The molecule has 0 saturated carbocycles. The first-order chi connectivity index (χ1) is 26.3. The molecule has 4 atom stereocenters. The van der Waals surface area contributed by atoms with Crippen molar-refractivity contribution in [1.82, 2.24) is 0 Å². The minimum atomic E-state index is -4.37. The molecule has 4 aromatic carbocycles. The van der Waals surface area contributed by atoms with E-state index < -0.39 is 17.9 Å². The summed E-state index contributed by atoms with van der Waals surface area (Å²) in [5.74, 6) is 3.47. The second kappa shape index (κ2) is 14.2. The Kier molecular flexibility index (Phi) is 9.33. The summed E-state index contributed by atoms with van der Waals surface area (Å²) >= 11 is -4.37. The molecule has 1 saturated heterocycles. The third kappa shape index (κ3) is 5.69. The molecule has 1 aliphatic heterocycles. The molecule has 0 amide bonds. The van der Waals surface area contributed by atoms with Crippen LogP contribution in [0.2, 0.25) is 6.25 Å². The molecule has 9 rings (SSSR count). The van der Waals surface area contributed by atoms with Crippen molar-refractivity contribution >= 4 is 17.0 Å². The molecule has 5 heteroatoms. The fraction of sp³-hybridized carbons (Fsp3) is 0.184. The number of allylic oxidation sites excluding steroid dienone is 16. The number of rotatable bonds is 6. The van der Waals surface area contributed by atoms with Crippen molar-refractivity contribution in [3.05, 3.63) is 215 Å². The zero-order chi connectivity index (χ0) is 36.9. The fourth-order valence-electron chi connectivity index (χ4n) is 9.75. The number of benzene rings is 4. The van der Waals surface area contributed by atoms with E-state index in [4.69, 9.17) is 26.5 Å². The van der Waals surface area contributed by atoms with E-state index in [-0.39, 0.29) is 18.1 Å². The summed E-state index contributed by atoms with van der Waals surface area (Å²) < 4.78 is 11.6. The molecule has 2 nitrogen and oxygen atoms in total. The van der Waals surface area contributed by atoms with Crippen LogP contribution in [0.25, 0.3) is 0 Å². The summed E-state index contributed by atoms with van der Waals surface area (Å²) in [4.78, 5) is 0. The molecule has 4 aromatic rings. The van der Waals surface area contributed by atoms with Gasteiger partial charge in [-0.15, -0.1) is 0 Å². The van der Waals surface area contributed by atoms with Crippen molar-refractivity contribution in [2.75, 3.05) is 0 Å². The third-order valence-corrected chi connectivity index (χ3v) is 29.7. The SMILES string of the molecule is CC1=CC2=C(C=CC=CC2c2ccc(Oc3ccccc3)cc2)[C]12CCC[C]1(C(C)=CC3=C1C=CC=CC3c1ccc(Oc3ccccc3)cc1)[Zr]2([Cl])[Cl]. The van der Waals surface area contributed by atoms with Crippen LogP contribution < -0.4 is 9.47 Å². The van der Waals surface area contributed by atoms with E-state index in [0.717, 1.165) is 42.3 Å². The van der Waals surface area contributed by atoms with Gasteiger partial charge in [-0.1, -0.05) is 12.1 Å². The maximum atomic E-state index is 8.40. The van der Waals surface area contributed by atoms with Gasteiger partial charge in [0.25, 0.3) is 0 Å². The fourth-order valence-corrected chi connectivity index (χ4v) is 27.7. The molecule has 268 valence electrons. The van der Waals surface area contributed by atoms with Crippen molar-refractivity contribution in [2.24, 2.45) is 0 Å². The van der Waals surface area contributed by atoms with Crippen LogP contribution in [-0.2, 0) is 17.9 Å². The first-order valence-corrected chi connectivity index (χ1v) is 27.7. The summed E-state index contributed by atoms with van der Waals surface area (Å²) in [6.07, 6.45) is 25.9. The Morgan fingerprint density at radius 1 is 0.519 bits per heavy atom. The molecule has 4 unspecified atom stereocenters. The van der Waals surface area contributed by atoms with Crippen LogP contribution >= 0.6 is 17.0 Å². The number of fused-ring (bicyclic) bond motifs is 2. The van der Waals surface area contributed by atoms with Gasteiger partial charge in [-0.3, -0.25) is 0 Å². The monoisotopic (exact) mass is 822 g/mol.